The summed E-state index contributed by atoms with van der Waals surface area (Å²) in [5.41, 5.74) is 1.43. The number of cyclic esters (lactones) is 1. The monoisotopic (exact) mass is 475 g/mol. The number of carbonyl (C=O) groups is 5. The molecular weight excluding hydrogens is 449 g/mol. The van der Waals surface area contributed by atoms with E-state index in [4.69, 9.17) is 9.47 Å². The molecule has 1 aromatic rings. The van der Waals surface area contributed by atoms with Gasteiger partial charge in [-0.05, 0) is 37.1 Å². The lowest BCUT2D eigenvalue weighted by Gasteiger charge is -2.27. The lowest BCUT2D eigenvalue weighted by Crippen LogP contribution is -2.37. The first-order valence-corrected chi connectivity index (χ1v) is 10.8. The Hall–Kier alpha value is -3.76. The number of benzene rings is 1. The minimum atomic E-state index is -0.750. The van der Waals surface area contributed by atoms with Crippen LogP contribution in [-0.2, 0) is 28.7 Å². The summed E-state index contributed by atoms with van der Waals surface area (Å²) in [4.78, 5) is 60.5. The fraction of sp³-hybridized carbons (Fsp3) is 0.435. The van der Waals surface area contributed by atoms with Crippen LogP contribution in [0.3, 0.4) is 0 Å². The lowest BCUT2D eigenvalue weighted by molar-refractivity contribution is -0.153. The number of ether oxygens (including phenoxy) is 2. The second-order valence-electron chi connectivity index (χ2n) is 8.08. The summed E-state index contributed by atoms with van der Waals surface area (Å²) in [5.74, 6) is -2.24. The summed E-state index contributed by atoms with van der Waals surface area (Å²) in [6, 6.07) is 4.45. The fourth-order valence-corrected chi connectivity index (χ4v) is 3.66. The van der Waals surface area contributed by atoms with E-state index in [9.17, 15) is 28.4 Å². The van der Waals surface area contributed by atoms with Crippen molar-refractivity contribution < 1.29 is 37.8 Å². The van der Waals surface area contributed by atoms with Crippen LogP contribution < -0.4 is 10.2 Å². The van der Waals surface area contributed by atoms with E-state index in [0.717, 1.165) is 0 Å². The number of halogens is 1. The molecule has 0 bridgehead atoms. The molecule has 2 aliphatic heterocycles. The van der Waals surface area contributed by atoms with E-state index in [1.165, 1.54) is 29.7 Å². The molecule has 0 radical (unpaired) electrons. The van der Waals surface area contributed by atoms with Gasteiger partial charge in [0.2, 0.25) is 5.91 Å². The van der Waals surface area contributed by atoms with Crippen LogP contribution in [0, 0.1) is 5.82 Å². The van der Waals surface area contributed by atoms with Crippen molar-refractivity contribution in [2.45, 2.75) is 32.8 Å². The number of carbonyl (C=O) groups excluding carboxylic acids is 5. The number of rotatable bonds is 8. The molecule has 1 saturated heterocycles. The van der Waals surface area contributed by atoms with E-state index < -0.39 is 36.5 Å². The van der Waals surface area contributed by atoms with E-state index >= 15 is 0 Å². The third-order valence-electron chi connectivity index (χ3n) is 5.37. The maximum absolute atomic E-state index is 14.9. The summed E-state index contributed by atoms with van der Waals surface area (Å²) < 4.78 is 24.9. The van der Waals surface area contributed by atoms with Crippen LogP contribution in [-0.4, -0.2) is 73.4 Å². The fourth-order valence-electron chi connectivity index (χ4n) is 3.66. The SMILES string of the molecule is CC(=O)CC(=O)OCC(=O)N1CC=C(c2ccc(N3C[C@H](CNC(C)=O)OC3=O)cc2F)CC1. The average Bonchev–Trinajstić information content (AvgIpc) is 3.16. The van der Waals surface area contributed by atoms with Crippen molar-refractivity contribution in [2.75, 3.05) is 37.7 Å². The molecule has 10 nitrogen and oxygen atoms in total. The Labute approximate surface area is 195 Å². The molecule has 0 aromatic heterocycles. The van der Waals surface area contributed by atoms with Crippen molar-refractivity contribution in [3.63, 3.8) is 0 Å². The maximum atomic E-state index is 14.9. The topological polar surface area (TPSA) is 122 Å². The van der Waals surface area contributed by atoms with Gasteiger partial charge in [0.15, 0.2) is 6.61 Å². The number of ketones is 1. The Kier molecular flexibility index (Phi) is 7.98. The standard InChI is InChI=1S/C23H26FN3O7/c1-14(28)9-22(31)33-13-21(30)26-7-5-16(6-8-26)19-4-3-17(10-20(19)24)27-12-18(34-23(27)32)11-25-15(2)29/h3-5,10,18H,6-9,11-13H2,1-2H3,(H,25,29)/t18-/m0/s1. The Bertz CT molecular complexity index is 1040. The zero-order valence-electron chi connectivity index (χ0n) is 19.0. The summed E-state index contributed by atoms with van der Waals surface area (Å²) in [6.07, 6.45) is 0.610. The molecule has 182 valence electrons. The van der Waals surface area contributed by atoms with Crippen LogP contribution in [0.4, 0.5) is 14.9 Å². The molecule has 2 aliphatic rings. The van der Waals surface area contributed by atoms with E-state index in [0.29, 0.717) is 29.8 Å². The Morgan fingerprint density at radius 2 is 2.00 bits per heavy atom. The molecule has 1 fully saturated rings. The number of nitrogens with one attached hydrogen (secondary N) is 1. The van der Waals surface area contributed by atoms with Gasteiger partial charge >= 0.3 is 12.1 Å². The van der Waals surface area contributed by atoms with Gasteiger partial charge in [0, 0.05) is 25.6 Å². The molecule has 3 amide bonds. The highest BCUT2D eigenvalue weighted by Gasteiger charge is 2.33. The van der Waals surface area contributed by atoms with E-state index in [1.54, 1.807) is 18.2 Å². The molecular formula is C23H26FN3O7. The van der Waals surface area contributed by atoms with Gasteiger partial charge in [-0.2, -0.15) is 0 Å². The predicted molar refractivity (Wildman–Crippen MR) is 118 cm³/mol. The van der Waals surface area contributed by atoms with Gasteiger partial charge < -0.3 is 19.7 Å². The molecule has 34 heavy (non-hydrogen) atoms. The Balaban J connectivity index is 1.58. The van der Waals surface area contributed by atoms with Gasteiger partial charge in [-0.1, -0.05) is 6.08 Å². The minimum absolute atomic E-state index is 0.177. The third-order valence-corrected chi connectivity index (χ3v) is 5.37. The average molecular weight is 475 g/mol. The van der Waals surface area contributed by atoms with Gasteiger partial charge in [-0.15, -0.1) is 0 Å². The molecule has 0 spiro atoms. The number of hydrogen-bond acceptors (Lipinski definition) is 7. The number of esters is 1. The summed E-state index contributed by atoms with van der Waals surface area (Å²) in [5, 5.41) is 2.59. The minimum Gasteiger partial charge on any atom is -0.455 e. The first-order valence-electron chi connectivity index (χ1n) is 10.8. The van der Waals surface area contributed by atoms with Crippen molar-refractivity contribution in [2.24, 2.45) is 0 Å². The second-order valence-corrected chi connectivity index (χ2v) is 8.08. The summed E-state index contributed by atoms with van der Waals surface area (Å²) in [7, 11) is 0. The maximum Gasteiger partial charge on any atom is 0.414 e. The zero-order chi connectivity index (χ0) is 24.8. The summed E-state index contributed by atoms with van der Waals surface area (Å²) >= 11 is 0. The van der Waals surface area contributed by atoms with Crippen LogP contribution >= 0.6 is 0 Å². The molecule has 0 unspecified atom stereocenters. The summed E-state index contributed by atoms with van der Waals surface area (Å²) in [6.45, 7) is 3.08. The Morgan fingerprint density at radius 1 is 1.24 bits per heavy atom. The number of Topliss-reactive ketones (excluding diaryl/α,β-unsaturated/α-hetero) is 1. The van der Waals surface area contributed by atoms with Gasteiger partial charge in [0.1, 0.15) is 24.1 Å². The van der Waals surface area contributed by atoms with Gasteiger partial charge in [0.05, 0.1) is 18.8 Å². The third kappa shape index (κ3) is 6.40. The van der Waals surface area contributed by atoms with Crippen LogP contribution in [0.5, 0.6) is 0 Å². The zero-order valence-corrected chi connectivity index (χ0v) is 19.0. The van der Waals surface area contributed by atoms with Crippen LogP contribution in [0.2, 0.25) is 0 Å². The highest BCUT2D eigenvalue weighted by molar-refractivity contribution is 5.95. The highest BCUT2D eigenvalue weighted by atomic mass is 19.1. The molecule has 0 saturated carbocycles. The predicted octanol–water partition coefficient (Wildman–Crippen LogP) is 1.43. The highest BCUT2D eigenvalue weighted by Crippen LogP contribution is 2.29. The number of amides is 3. The molecule has 1 atom stereocenters. The van der Waals surface area contributed by atoms with E-state index in [2.05, 4.69) is 5.32 Å². The smallest absolute Gasteiger partial charge is 0.414 e. The quantitative estimate of drug-likeness (QED) is 0.446. The van der Waals surface area contributed by atoms with Crippen molar-refractivity contribution in [1.82, 2.24) is 10.2 Å². The number of hydrogen-bond donors (Lipinski definition) is 1. The van der Waals surface area contributed by atoms with Gasteiger partial charge in [-0.25, -0.2) is 9.18 Å². The molecule has 2 heterocycles. The first kappa shape index (κ1) is 24.9. The van der Waals surface area contributed by atoms with Crippen molar-refractivity contribution in [3.8, 4) is 0 Å². The van der Waals surface area contributed by atoms with Crippen molar-refractivity contribution >= 4 is 40.9 Å². The molecule has 0 aliphatic carbocycles. The van der Waals surface area contributed by atoms with Gasteiger partial charge in [0.25, 0.3) is 5.91 Å². The molecule has 3 rings (SSSR count). The van der Waals surface area contributed by atoms with Gasteiger partial charge in [-0.3, -0.25) is 24.1 Å². The first-order chi connectivity index (χ1) is 16.1. The number of anilines is 1. The Morgan fingerprint density at radius 3 is 2.62 bits per heavy atom. The molecule has 1 N–H and O–H groups in total. The van der Waals surface area contributed by atoms with Crippen LogP contribution in [0.15, 0.2) is 24.3 Å². The second kappa shape index (κ2) is 10.9. The molecule has 1 aromatic carbocycles. The lowest BCUT2D eigenvalue weighted by atomic mass is 9.98. The van der Waals surface area contributed by atoms with E-state index in [1.807, 2.05) is 0 Å². The normalized spacial score (nSPS) is 17.7. The van der Waals surface area contributed by atoms with E-state index in [-0.39, 0.29) is 37.7 Å². The molecule has 11 heteroatoms. The van der Waals surface area contributed by atoms with Crippen molar-refractivity contribution in [3.05, 3.63) is 35.7 Å². The number of nitrogens with zero attached hydrogens (tertiary/aromatic N) is 2. The van der Waals surface area contributed by atoms with Crippen LogP contribution in [0.1, 0.15) is 32.3 Å². The largest absolute Gasteiger partial charge is 0.455 e. The van der Waals surface area contributed by atoms with Crippen LogP contribution in [0.25, 0.3) is 5.57 Å². The van der Waals surface area contributed by atoms with Crippen molar-refractivity contribution in [1.29, 1.82) is 0 Å².